The Morgan fingerprint density at radius 2 is 1.89 bits per heavy atom. The van der Waals surface area contributed by atoms with Crippen LogP contribution in [0.15, 0.2) is 47.5 Å². The highest BCUT2D eigenvalue weighted by Gasteiger charge is 2.13. The summed E-state index contributed by atoms with van der Waals surface area (Å²) in [7, 11) is 0. The van der Waals surface area contributed by atoms with Gasteiger partial charge in [0.05, 0.1) is 22.4 Å². The first-order valence-corrected chi connectivity index (χ1v) is 11.3. The minimum absolute atomic E-state index is 0.325. The minimum atomic E-state index is -0.357. The number of benzene rings is 2. The van der Waals surface area contributed by atoms with Crippen molar-refractivity contribution in [2.75, 3.05) is 18.6 Å². The van der Waals surface area contributed by atoms with Gasteiger partial charge in [-0.3, -0.25) is 4.79 Å². The van der Waals surface area contributed by atoms with Gasteiger partial charge in [0, 0.05) is 22.9 Å². The summed E-state index contributed by atoms with van der Waals surface area (Å²) < 4.78 is 7.97. The highest BCUT2D eigenvalue weighted by molar-refractivity contribution is 7.98. The highest BCUT2D eigenvalue weighted by Crippen LogP contribution is 2.21. The zero-order chi connectivity index (χ0) is 20.1. The van der Waals surface area contributed by atoms with Crippen molar-refractivity contribution in [2.24, 2.45) is 4.99 Å². The Kier molecular flexibility index (Phi) is 6.93. The van der Waals surface area contributed by atoms with Crippen molar-refractivity contribution < 1.29 is 14.3 Å². The second-order valence-corrected chi connectivity index (χ2v) is 8.29. The fraction of sp³-hybridized carbons (Fsp3) is 0.250. The van der Waals surface area contributed by atoms with E-state index in [1.807, 2.05) is 16.9 Å². The smallest absolute Gasteiger partial charge is 0.338 e. The fourth-order valence-corrected chi connectivity index (χ4v) is 4.23. The van der Waals surface area contributed by atoms with Gasteiger partial charge in [0.2, 0.25) is 0 Å². The number of hydrogen-bond donors (Lipinski definition) is 0. The van der Waals surface area contributed by atoms with E-state index in [0.717, 1.165) is 16.0 Å². The minimum Gasteiger partial charge on any atom is -0.462 e. The number of carbonyl (C=O) groups excluding carboxylic acids is 2. The van der Waals surface area contributed by atoms with Gasteiger partial charge in [-0.2, -0.15) is 16.8 Å². The molecule has 1 amide bonds. The topological polar surface area (TPSA) is 60.7 Å². The molecule has 0 aliphatic heterocycles. The van der Waals surface area contributed by atoms with Crippen molar-refractivity contribution in [3.63, 3.8) is 0 Å². The predicted molar refractivity (Wildman–Crippen MR) is 115 cm³/mol. The molecule has 0 spiro atoms. The summed E-state index contributed by atoms with van der Waals surface area (Å²) in [5.41, 5.74) is 1.91. The molecule has 0 fully saturated rings. The van der Waals surface area contributed by atoms with Crippen LogP contribution in [0.5, 0.6) is 0 Å². The van der Waals surface area contributed by atoms with Crippen molar-refractivity contribution in [1.29, 1.82) is 0 Å². The summed E-state index contributed by atoms with van der Waals surface area (Å²) >= 11 is 8.99. The van der Waals surface area contributed by atoms with E-state index in [-0.39, 0.29) is 11.9 Å². The van der Waals surface area contributed by atoms with Gasteiger partial charge < -0.3 is 9.30 Å². The summed E-state index contributed by atoms with van der Waals surface area (Å²) in [6, 6.07) is 12.1. The number of esters is 1. The van der Waals surface area contributed by atoms with E-state index in [2.05, 4.69) is 4.99 Å². The van der Waals surface area contributed by atoms with Gasteiger partial charge in [-0.15, -0.1) is 0 Å². The van der Waals surface area contributed by atoms with E-state index in [9.17, 15) is 9.59 Å². The third-order valence-electron chi connectivity index (χ3n) is 4.00. The highest BCUT2D eigenvalue weighted by atomic mass is 35.5. The monoisotopic (exact) mass is 434 g/mol. The molecule has 1 aromatic heterocycles. The summed E-state index contributed by atoms with van der Waals surface area (Å²) in [5, 5.41) is 0.569. The SMILES string of the molecule is CCOC(=O)c1ccc2c(c1)sc(=NC(=O)c1ccc(Cl)cc1)n2CCSC. The first-order valence-electron chi connectivity index (χ1n) is 8.67. The van der Waals surface area contributed by atoms with Crippen molar-refractivity contribution in [2.45, 2.75) is 13.5 Å². The lowest BCUT2D eigenvalue weighted by molar-refractivity contribution is 0.0526. The first kappa shape index (κ1) is 20.6. The van der Waals surface area contributed by atoms with Gasteiger partial charge in [-0.05, 0) is 55.6 Å². The molecule has 8 heteroatoms. The lowest BCUT2D eigenvalue weighted by Gasteiger charge is -2.05. The number of thiazole rings is 1. The van der Waals surface area contributed by atoms with Gasteiger partial charge in [0.1, 0.15) is 0 Å². The molecule has 146 valence electrons. The number of rotatable bonds is 6. The maximum atomic E-state index is 12.6. The quantitative estimate of drug-likeness (QED) is 0.530. The number of nitrogens with zero attached hydrogens (tertiary/aromatic N) is 2. The third-order valence-corrected chi connectivity index (χ3v) is 5.89. The second kappa shape index (κ2) is 9.41. The Bertz CT molecular complexity index is 1070. The van der Waals surface area contributed by atoms with Crippen molar-refractivity contribution in [3.05, 3.63) is 63.4 Å². The molecular weight excluding hydrogens is 416 g/mol. The van der Waals surface area contributed by atoms with Crippen LogP contribution < -0.4 is 4.80 Å². The number of amides is 1. The molecular formula is C20H19ClN2O3S2. The Hall–Kier alpha value is -2.09. The Balaban J connectivity index is 2.07. The molecule has 3 rings (SSSR count). The summed E-state index contributed by atoms with van der Waals surface area (Å²) in [6.45, 7) is 2.81. The summed E-state index contributed by atoms with van der Waals surface area (Å²) in [5.74, 6) is 0.198. The lowest BCUT2D eigenvalue weighted by Crippen LogP contribution is -2.18. The molecule has 0 bridgehead atoms. The van der Waals surface area contributed by atoms with Crippen LogP contribution in [-0.2, 0) is 11.3 Å². The number of halogens is 1. The lowest BCUT2D eigenvalue weighted by atomic mass is 10.2. The molecule has 3 aromatic rings. The summed E-state index contributed by atoms with van der Waals surface area (Å²) in [6.07, 6.45) is 2.03. The maximum Gasteiger partial charge on any atom is 0.338 e. The standard InChI is InChI=1S/C20H19ClN2O3S2/c1-3-26-19(25)14-6-9-16-17(12-14)28-20(23(16)10-11-27-2)22-18(24)13-4-7-15(21)8-5-13/h4-9,12H,3,10-11H2,1-2H3. The molecule has 5 nitrogen and oxygen atoms in total. The first-order chi connectivity index (χ1) is 13.5. The Morgan fingerprint density at radius 3 is 2.57 bits per heavy atom. The van der Waals surface area contributed by atoms with Crippen LogP contribution in [0.25, 0.3) is 10.2 Å². The molecule has 0 unspecified atom stereocenters. The molecule has 1 heterocycles. The van der Waals surface area contributed by atoms with Crippen molar-refractivity contribution >= 4 is 56.8 Å². The fourth-order valence-electron chi connectivity index (χ4n) is 2.64. The number of aryl methyl sites for hydroxylation is 1. The molecule has 0 saturated heterocycles. The summed E-state index contributed by atoms with van der Waals surface area (Å²) in [4.78, 5) is 29.6. The third kappa shape index (κ3) is 4.66. The number of thioether (sulfide) groups is 1. The van der Waals surface area contributed by atoms with Crippen LogP contribution in [-0.4, -0.2) is 35.1 Å². The van der Waals surface area contributed by atoms with E-state index in [1.54, 1.807) is 55.1 Å². The Morgan fingerprint density at radius 1 is 1.18 bits per heavy atom. The van der Waals surface area contributed by atoms with Crippen LogP contribution in [0.4, 0.5) is 0 Å². The van der Waals surface area contributed by atoms with Crippen LogP contribution in [0.2, 0.25) is 5.02 Å². The normalized spacial score (nSPS) is 11.8. The largest absolute Gasteiger partial charge is 0.462 e. The van der Waals surface area contributed by atoms with Crippen molar-refractivity contribution in [3.8, 4) is 0 Å². The van der Waals surface area contributed by atoms with Crippen LogP contribution in [0, 0.1) is 0 Å². The zero-order valence-electron chi connectivity index (χ0n) is 15.5. The molecule has 0 N–H and O–H groups in total. The molecule has 0 radical (unpaired) electrons. The average molecular weight is 435 g/mol. The van der Waals surface area contributed by atoms with Gasteiger partial charge in [-0.1, -0.05) is 22.9 Å². The van der Waals surface area contributed by atoms with Crippen LogP contribution in [0.1, 0.15) is 27.6 Å². The van der Waals surface area contributed by atoms with E-state index < -0.39 is 0 Å². The van der Waals surface area contributed by atoms with Gasteiger partial charge in [0.15, 0.2) is 4.80 Å². The maximum absolute atomic E-state index is 12.6. The molecule has 0 aliphatic rings. The molecule has 0 aliphatic carbocycles. The predicted octanol–water partition coefficient (Wildman–Crippen LogP) is 4.64. The van der Waals surface area contributed by atoms with E-state index in [4.69, 9.17) is 16.3 Å². The van der Waals surface area contributed by atoms with Gasteiger partial charge >= 0.3 is 5.97 Å². The van der Waals surface area contributed by atoms with Gasteiger partial charge in [-0.25, -0.2) is 4.79 Å². The van der Waals surface area contributed by atoms with Gasteiger partial charge in [0.25, 0.3) is 5.91 Å². The number of ether oxygens (including phenoxy) is 1. The zero-order valence-corrected chi connectivity index (χ0v) is 17.9. The second-order valence-electron chi connectivity index (χ2n) is 5.86. The number of fused-ring (bicyclic) bond motifs is 1. The van der Waals surface area contributed by atoms with E-state index >= 15 is 0 Å². The van der Waals surface area contributed by atoms with Crippen LogP contribution >= 0.6 is 34.7 Å². The molecule has 0 saturated carbocycles. The van der Waals surface area contributed by atoms with E-state index in [1.165, 1.54) is 11.3 Å². The molecule has 0 atom stereocenters. The van der Waals surface area contributed by atoms with Crippen LogP contribution in [0.3, 0.4) is 0 Å². The number of carbonyl (C=O) groups is 2. The van der Waals surface area contributed by atoms with E-state index in [0.29, 0.717) is 34.1 Å². The number of aromatic nitrogens is 1. The molecule has 28 heavy (non-hydrogen) atoms. The Labute approximate surface area is 176 Å². The van der Waals surface area contributed by atoms with Crippen molar-refractivity contribution in [1.82, 2.24) is 4.57 Å². The average Bonchev–Trinajstić information content (AvgIpc) is 3.03. The number of hydrogen-bond acceptors (Lipinski definition) is 5. The molecule has 2 aromatic carbocycles.